The minimum absolute atomic E-state index is 0.274. The molecule has 0 unspecified atom stereocenters. The summed E-state index contributed by atoms with van der Waals surface area (Å²) in [6.45, 7) is 2.02. The number of halogens is 6. The van der Waals surface area contributed by atoms with E-state index < -0.39 is 46.0 Å². The zero-order chi connectivity index (χ0) is 25.1. The highest BCUT2D eigenvalue weighted by Crippen LogP contribution is 2.30. The molecule has 0 N–H and O–H groups in total. The van der Waals surface area contributed by atoms with Crippen LogP contribution in [0.4, 0.5) is 26.3 Å². The lowest BCUT2D eigenvalue weighted by molar-refractivity contribution is 0.511. The molecule has 4 aromatic rings. The quantitative estimate of drug-likeness (QED) is 0.152. The molecule has 0 fully saturated rings. The molecule has 0 aliphatic rings. The van der Waals surface area contributed by atoms with Crippen LogP contribution in [0, 0.1) is 46.7 Å². The molecule has 0 bridgehead atoms. The third-order valence-electron chi connectivity index (χ3n) is 5.71. The monoisotopic (exact) mass is 482 g/mol. The second-order valence-corrected chi connectivity index (χ2v) is 8.28. The lowest BCUT2D eigenvalue weighted by Crippen LogP contribution is -1.98. The van der Waals surface area contributed by atoms with Gasteiger partial charge >= 0.3 is 0 Å². The summed E-state index contributed by atoms with van der Waals surface area (Å²) in [4.78, 5) is 0. The molecule has 0 aliphatic carbocycles. The molecular formula is C29H20F6. The van der Waals surface area contributed by atoms with Crippen molar-refractivity contribution >= 4 is 10.8 Å². The molecule has 0 atom stereocenters. The number of unbranched alkanes of at least 4 members (excludes halogenated alkanes) is 2. The summed E-state index contributed by atoms with van der Waals surface area (Å²) in [6, 6.07) is 10.6. The van der Waals surface area contributed by atoms with Crippen LogP contribution in [0.2, 0.25) is 0 Å². The summed E-state index contributed by atoms with van der Waals surface area (Å²) >= 11 is 0. The Bertz CT molecular complexity index is 1430. The van der Waals surface area contributed by atoms with Gasteiger partial charge in [-0.05, 0) is 83.3 Å². The molecule has 0 radical (unpaired) electrons. The molecule has 0 spiro atoms. The van der Waals surface area contributed by atoms with Crippen molar-refractivity contribution < 1.29 is 26.3 Å². The van der Waals surface area contributed by atoms with Crippen molar-refractivity contribution in [2.24, 2.45) is 0 Å². The third-order valence-corrected chi connectivity index (χ3v) is 5.71. The first-order valence-electron chi connectivity index (χ1n) is 11.1. The van der Waals surface area contributed by atoms with Gasteiger partial charge in [-0.25, -0.2) is 26.3 Å². The minimum atomic E-state index is -1.08. The van der Waals surface area contributed by atoms with Gasteiger partial charge in [-0.15, -0.1) is 0 Å². The van der Waals surface area contributed by atoms with Gasteiger partial charge in [0.2, 0.25) is 0 Å². The van der Waals surface area contributed by atoms with E-state index in [9.17, 15) is 26.3 Å². The Kier molecular flexibility index (Phi) is 7.16. The van der Waals surface area contributed by atoms with E-state index in [1.54, 1.807) is 0 Å². The van der Waals surface area contributed by atoms with Crippen LogP contribution in [0.5, 0.6) is 0 Å². The fourth-order valence-corrected chi connectivity index (χ4v) is 3.92. The predicted molar refractivity (Wildman–Crippen MR) is 125 cm³/mol. The van der Waals surface area contributed by atoms with E-state index in [1.807, 2.05) is 6.92 Å². The van der Waals surface area contributed by atoms with Crippen LogP contribution >= 0.6 is 0 Å². The molecular weight excluding hydrogens is 462 g/mol. The Balaban J connectivity index is 1.65. The fourth-order valence-electron chi connectivity index (χ4n) is 3.92. The number of benzene rings is 4. The number of hydrogen-bond donors (Lipinski definition) is 0. The Hall–Kier alpha value is -3.72. The molecule has 4 rings (SSSR count). The summed E-state index contributed by atoms with van der Waals surface area (Å²) in [7, 11) is 0. The molecule has 0 saturated heterocycles. The van der Waals surface area contributed by atoms with Crippen LogP contribution in [-0.2, 0) is 6.42 Å². The largest absolute Gasteiger partial charge is 0.206 e. The van der Waals surface area contributed by atoms with Gasteiger partial charge in [0, 0.05) is 5.56 Å². The van der Waals surface area contributed by atoms with Crippen molar-refractivity contribution in [3.05, 3.63) is 106 Å². The van der Waals surface area contributed by atoms with Crippen LogP contribution in [0.3, 0.4) is 0 Å². The predicted octanol–water partition coefficient (Wildman–Crippen LogP) is 8.47. The zero-order valence-electron chi connectivity index (χ0n) is 18.8. The SMILES string of the molecule is CCCCCc1cc(F)c(-c2cc(F)c(C#Cc3ccc4cc(F)c(F)cc4c3)c(F)c2)c(F)c1. The van der Waals surface area contributed by atoms with Gasteiger partial charge in [-0.2, -0.15) is 0 Å². The van der Waals surface area contributed by atoms with E-state index in [-0.39, 0.29) is 5.56 Å². The lowest BCUT2D eigenvalue weighted by atomic mass is 9.98. The minimum Gasteiger partial charge on any atom is -0.206 e. The van der Waals surface area contributed by atoms with Crippen molar-refractivity contribution in [3.63, 3.8) is 0 Å². The van der Waals surface area contributed by atoms with Gasteiger partial charge in [0.15, 0.2) is 11.6 Å². The third kappa shape index (κ3) is 5.35. The second-order valence-electron chi connectivity index (χ2n) is 8.28. The molecule has 4 aromatic carbocycles. The smallest absolute Gasteiger partial charge is 0.159 e. The van der Waals surface area contributed by atoms with E-state index in [4.69, 9.17) is 0 Å². The van der Waals surface area contributed by atoms with E-state index in [0.29, 0.717) is 28.3 Å². The molecule has 0 amide bonds. The fraction of sp³-hybridized carbons (Fsp3) is 0.172. The van der Waals surface area contributed by atoms with Crippen molar-refractivity contribution in [1.29, 1.82) is 0 Å². The normalized spacial score (nSPS) is 10.9. The van der Waals surface area contributed by atoms with Crippen molar-refractivity contribution in [3.8, 4) is 23.0 Å². The standard InChI is InChI=1S/C29H20F6/c1-2-3-4-5-18-11-27(34)29(28(35)12-18)21-15-23(30)22(24(31)16-21)9-7-17-6-8-19-13-25(32)26(33)14-20(19)10-17/h6,8,10-16H,2-5H2,1H3. The lowest BCUT2D eigenvalue weighted by Gasteiger charge is -2.10. The van der Waals surface area contributed by atoms with E-state index in [1.165, 1.54) is 30.3 Å². The van der Waals surface area contributed by atoms with Gasteiger partial charge in [0.05, 0.1) is 11.1 Å². The van der Waals surface area contributed by atoms with Crippen molar-refractivity contribution in [2.75, 3.05) is 0 Å². The molecule has 35 heavy (non-hydrogen) atoms. The first-order chi connectivity index (χ1) is 16.8. The topological polar surface area (TPSA) is 0 Å². The molecule has 6 heteroatoms. The second kappa shape index (κ2) is 10.3. The first-order valence-corrected chi connectivity index (χ1v) is 11.1. The molecule has 0 saturated carbocycles. The highest BCUT2D eigenvalue weighted by molar-refractivity contribution is 5.84. The van der Waals surface area contributed by atoms with E-state index in [2.05, 4.69) is 11.8 Å². The molecule has 0 aliphatic heterocycles. The number of aryl methyl sites for hydroxylation is 1. The number of rotatable bonds is 5. The molecule has 0 nitrogen and oxygen atoms in total. The summed E-state index contributed by atoms with van der Waals surface area (Å²) in [5, 5.41) is 0.813. The van der Waals surface area contributed by atoms with Crippen LogP contribution in [-0.4, -0.2) is 0 Å². The van der Waals surface area contributed by atoms with Crippen LogP contribution < -0.4 is 0 Å². The Morgan fingerprint density at radius 2 is 1.23 bits per heavy atom. The Labute approximate surface area is 199 Å². The van der Waals surface area contributed by atoms with Crippen molar-refractivity contribution in [1.82, 2.24) is 0 Å². The van der Waals surface area contributed by atoms with Gasteiger partial charge < -0.3 is 0 Å². The van der Waals surface area contributed by atoms with Crippen LogP contribution in [0.1, 0.15) is 42.9 Å². The van der Waals surface area contributed by atoms with Gasteiger partial charge in [0.1, 0.15) is 23.3 Å². The average molecular weight is 482 g/mol. The highest BCUT2D eigenvalue weighted by Gasteiger charge is 2.18. The van der Waals surface area contributed by atoms with Crippen LogP contribution in [0.25, 0.3) is 21.9 Å². The van der Waals surface area contributed by atoms with E-state index >= 15 is 0 Å². The maximum absolute atomic E-state index is 14.7. The average Bonchev–Trinajstić information content (AvgIpc) is 2.79. The molecule has 0 heterocycles. The summed E-state index contributed by atoms with van der Waals surface area (Å²) < 4.78 is 85.6. The summed E-state index contributed by atoms with van der Waals surface area (Å²) in [6.07, 6.45) is 3.19. The number of fused-ring (bicyclic) bond motifs is 1. The van der Waals surface area contributed by atoms with Gasteiger partial charge in [-0.1, -0.05) is 37.7 Å². The van der Waals surface area contributed by atoms with E-state index in [0.717, 1.165) is 43.5 Å². The van der Waals surface area contributed by atoms with Crippen molar-refractivity contribution in [2.45, 2.75) is 32.6 Å². The maximum Gasteiger partial charge on any atom is 0.159 e. The van der Waals surface area contributed by atoms with Crippen LogP contribution in [0.15, 0.2) is 54.6 Å². The zero-order valence-corrected chi connectivity index (χ0v) is 18.8. The molecule has 0 aromatic heterocycles. The van der Waals surface area contributed by atoms with Gasteiger partial charge in [-0.3, -0.25) is 0 Å². The summed E-state index contributed by atoms with van der Waals surface area (Å²) in [5.41, 5.74) is -0.550. The Morgan fingerprint density at radius 1 is 0.600 bits per heavy atom. The Morgan fingerprint density at radius 3 is 1.86 bits per heavy atom. The maximum atomic E-state index is 14.7. The van der Waals surface area contributed by atoms with Gasteiger partial charge in [0.25, 0.3) is 0 Å². The molecule has 178 valence electrons. The summed E-state index contributed by atoms with van der Waals surface area (Å²) in [5.74, 6) is -0.986. The highest BCUT2D eigenvalue weighted by atomic mass is 19.2. The first kappa shape index (κ1) is 24.4. The number of hydrogen-bond acceptors (Lipinski definition) is 0.